The molecule has 1 N–H and O–H groups in total. The summed E-state index contributed by atoms with van der Waals surface area (Å²) in [4.78, 5) is 44.7. The third-order valence-corrected chi connectivity index (χ3v) is 7.40. The Morgan fingerprint density at radius 1 is 1.11 bits per heavy atom. The number of hydrogen-bond acceptors (Lipinski definition) is 7. The predicted molar refractivity (Wildman–Crippen MR) is 141 cm³/mol. The number of piperidine rings is 1. The van der Waals surface area contributed by atoms with Crippen molar-refractivity contribution >= 4 is 17.1 Å². The second-order valence-electron chi connectivity index (χ2n) is 9.66. The van der Waals surface area contributed by atoms with Gasteiger partial charge in [-0.3, -0.25) is 18.7 Å². The first-order valence-electron chi connectivity index (χ1n) is 12.7. The molecule has 1 amide bonds. The van der Waals surface area contributed by atoms with Crippen molar-refractivity contribution in [1.82, 2.24) is 28.9 Å². The lowest BCUT2D eigenvalue weighted by Crippen LogP contribution is -2.42. The minimum Gasteiger partial charge on any atom is -0.497 e. The first-order valence-corrected chi connectivity index (χ1v) is 12.7. The highest BCUT2D eigenvalue weighted by Gasteiger charge is 2.28. The third kappa shape index (κ3) is 4.89. The maximum atomic E-state index is 13.3. The summed E-state index contributed by atoms with van der Waals surface area (Å²) in [6.45, 7) is 2.83. The maximum Gasteiger partial charge on any atom is 0.332 e. The van der Waals surface area contributed by atoms with Gasteiger partial charge in [-0.15, -0.1) is 0 Å². The van der Waals surface area contributed by atoms with E-state index in [1.807, 2.05) is 36.4 Å². The average molecular weight is 521 g/mol. The van der Waals surface area contributed by atoms with Gasteiger partial charge < -0.3 is 23.9 Å². The van der Waals surface area contributed by atoms with E-state index < -0.39 is 5.69 Å². The highest BCUT2D eigenvalue weighted by Crippen LogP contribution is 2.26. The number of nitrogens with one attached hydrogen (secondary N) is 1. The van der Waals surface area contributed by atoms with Crippen LogP contribution < -0.4 is 21.3 Å². The van der Waals surface area contributed by atoms with Crippen molar-refractivity contribution in [3.63, 3.8) is 0 Å². The molecular formula is C27H32N6O5. The summed E-state index contributed by atoms with van der Waals surface area (Å²) < 4.78 is 15.2. The summed E-state index contributed by atoms with van der Waals surface area (Å²) in [6.07, 6.45) is 4.69. The lowest BCUT2D eigenvalue weighted by molar-refractivity contribution is -0.127. The number of imidazole rings is 1. The molecule has 11 heteroatoms. The molecule has 1 aromatic carbocycles. The van der Waals surface area contributed by atoms with Crippen LogP contribution in [0.25, 0.3) is 11.2 Å². The van der Waals surface area contributed by atoms with Crippen LogP contribution in [0.2, 0.25) is 0 Å². The van der Waals surface area contributed by atoms with Crippen molar-refractivity contribution in [1.29, 1.82) is 0 Å². The normalized spacial score (nSPS) is 15.6. The minimum absolute atomic E-state index is 0.00638. The summed E-state index contributed by atoms with van der Waals surface area (Å²) in [7, 11) is 4.71. The van der Waals surface area contributed by atoms with Crippen LogP contribution in [0.15, 0.2) is 63.0 Å². The van der Waals surface area contributed by atoms with Gasteiger partial charge in [-0.2, -0.15) is 0 Å². The number of carbonyl (C=O) groups excluding carboxylic acids is 1. The molecule has 11 nitrogen and oxygen atoms in total. The Labute approximate surface area is 219 Å². The van der Waals surface area contributed by atoms with Gasteiger partial charge in [-0.05, 0) is 55.8 Å². The average Bonchev–Trinajstić information content (AvgIpc) is 3.63. The molecule has 1 saturated heterocycles. The Morgan fingerprint density at radius 2 is 1.84 bits per heavy atom. The molecule has 38 heavy (non-hydrogen) atoms. The highest BCUT2D eigenvalue weighted by atomic mass is 16.5. The van der Waals surface area contributed by atoms with E-state index in [9.17, 15) is 14.4 Å². The minimum atomic E-state index is -0.394. The van der Waals surface area contributed by atoms with Crippen LogP contribution in [0.5, 0.6) is 5.75 Å². The van der Waals surface area contributed by atoms with Gasteiger partial charge in [0, 0.05) is 33.1 Å². The smallest absolute Gasteiger partial charge is 0.332 e. The van der Waals surface area contributed by atoms with E-state index in [0.29, 0.717) is 30.0 Å². The van der Waals surface area contributed by atoms with Crippen LogP contribution in [0.4, 0.5) is 0 Å². The molecule has 3 aromatic heterocycles. The largest absolute Gasteiger partial charge is 0.497 e. The van der Waals surface area contributed by atoms with E-state index in [1.165, 1.54) is 11.6 Å². The number of carbonyl (C=O) groups is 1. The number of ether oxygens (including phenoxy) is 1. The fourth-order valence-electron chi connectivity index (χ4n) is 5.07. The topological polar surface area (TPSA) is 117 Å². The predicted octanol–water partition coefficient (Wildman–Crippen LogP) is 1.65. The fraction of sp³-hybridized carbons (Fsp3) is 0.407. The van der Waals surface area contributed by atoms with Crippen LogP contribution in [0.1, 0.15) is 30.2 Å². The summed E-state index contributed by atoms with van der Waals surface area (Å²) in [5, 5.41) is 3.18. The number of likely N-dealkylation sites (tertiary alicyclic amines) is 1. The molecular weight excluding hydrogens is 488 g/mol. The Morgan fingerprint density at radius 3 is 2.50 bits per heavy atom. The maximum absolute atomic E-state index is 13.3. The number of furan rings is 1. The molecule has 0 bridgehead atoms. The van der Waals surface area contributed by atoms with Gasteiger partial charge in [0.15, 0.2) is 11.2 Å². The van der Waals surface area contributed by atoms with Crippen molar-refractivity contribution in [3.8, 4) is 5.75 Å². The van der Waals surface area contributed by atoms with Crippen LogP contribution >= 0.6 is 0 Å². The number of methoxy groups -OCH3 is 1. The summed E-state index contributed by atoms with van der Waals surface area (Å²) in [5.74, 6) is 1.33. The molecule has 0 radical (unpaired) electrons. The van der Waals surface area contributed by atoms with Crippen LogP contribution in [0.3, 0.4) is 0 Å². The molecule has 1 unspecified atom stereocenters. The number of aromatic nitrogens is 4. The zero-order valence-corrected chi connectivity index (χ0v) is 21.8. The van der Waals surface area contributed by atoms with Crippen molar-refractivity contribution in [2.75, 3.05) is 26.7 Å². The van der Waals surface area contributed by atoms with E-state index in [2.05, 4.69) is 15.2 Å². The van der Waals surface area contributed by atoms with Gasteiger partial charge in [0.1, 0.15) is 17.6 Å². The Balaban J connectivity index is 1.20. The first-order chi connectivity index (χ1) is 18.4. The van der Waals surface area contributed by atoms with Crippen molar-refractivity contribution in [3.05, 3.63) is 81.2 Å². The number of fused-ring (bicyclic) bond motifs is 1. The van der Waals surface area contributed by atoms with E-state index in [1.54, 1.807) is 31.3 Å². The number of amides is 1. The van der Waals surface area contributed by atoms with Crippen LogP contribution in [-0.4, -0.2) is 56.2 Å². The number of rotatable bonds is 8. The molecule has 0 saturated carbocycles. The molecule has 1 fully saturated rings. The molecule has 200 valence electrons. The molecule has 4 aromatic rings. The van der Waals surface area contributed by atoms with Crippen molar-refractivity contribution in [2.45, 2.75) is 25.4 Å². The number of aryl methyl sites for hydroxylation is 1. The van der Waals surface area contributed by atoms with E-state index in [4.69, 9.17) is 9.15 Å². The quantitative estimate of drug-likeness (QED) is 0.376. The first kappa shape index (κ1) is 25.5. The molecule has 1 aliphatic heterocycles. The van der Waals surface area contributed by atoms with Gasteiger partial charge in [-0.25, -0.2) is 9.78 Å². The lowest BCUT2D eigenvalue weighted by Gasteiger charge is -2.32. The molecule has 0 aliphatic carbocycles. The number of hydrogen-bond donors (Lipinski definition) is 1. The van der Waals surface area contributed by atoms with Gasteiger partial charge in [-0.1, -0.05) is 12.1 Å². The zero-order valence-electron chi connectivity index (χ0n) is 21.8. The lowest BCUT2D eigenvalue weighted by atomic mass is 9.94. The Bertz CT molecular complexity index is 1530. The standard InChI is InChI=1S/C27H32N6O5/c1-30-24-23(26(35)31(2)27(30)36)33(17-28-24)15-14-32-12-10-19(11-13-32)25(34)29-22(21-5-4-16-38-21)18-6-8-20(37-3)9-7-18/h4-9,16-17,19,22H,10-15H2,1-3H3,(H,29,34). The summed E-state index contributed by atoms with van der Waals surface area (Å²) in [6, 6.07) is 10.9. The van der Waals surface area contributed by atoms with E-state index >= 15 is 0 Å². The van der Waals surface area contributed by atoms with E-state index in [-0.39, 0.29) is 23.4 Å². The molecule has 5 rings (SSSR count). The third-order valence-electron chi connectivity index (χ3n) is 7.40. The molecule has 1 atom stereocenters. The second-order valence-corrected chi connectivity index (χ2v) is 9.66. The highest BCUT2D eigenvalue weighted by molar-refractivity contribution is 5.79. The zero-order chi connectivity index (χ0) is 26.8. The van der Waals surface area contributed by atoms with Crippen molar-refractivity contribution < 1.29 is 13.9 Å². The summed E-state index contributed by atoms with van der Waals surface area (Å²) >= 11 is 0. The Hall–Kier alpha value is -4.12. The van der Waals surface area contributed by atoms with E-state index in [0.717, 1.165) is 41.8 Å². The van der Waals surface area contributed by atoms with Crippen LogP contribution in [-0.2, 0) is 25.4 Å². The number of nitrogens with zero attached hydrogens (tertiary/aromatic N) is 5. The molecule has 4 heterocycles. The number of benzene rings is 1. The van der Waals surface area contributed by atoms with Crippen LogP contribution in [0, 0.1) is 5.92 Å². The second kappa shape index (κ2) is 10.7. The molecule has 1 aliphatic rings. The SMILES string of the molecule is COc1ccc(C(NC(=O)C2CCN(CCn3cnc4c3c(=O)n(C)c(=O)n4C)CC2)c2ccco2)cc1. The van der Waals surface area contributed by atoms with Gasteiger partial charge in [0.25, 0.3) is 5.56 Å². The summed E-state index contributed by atoms with van der Waals surface area (Å²) in [5.41, 5.74) is 0.985. The fourth-order valence-corrected chi connectivity index (χ4v) is 5.07. The monoisotopic (exact) mass is 520 g/mol. The van der Waals surface area contributed by atoms with Gasteiger partial charge >= 0.3 is 5.69 Å². The molecule has 0 spiro atoms. The van der Waals surface area contributed by atoms with Gasteiger partial charge in [0.2, 0.25) is 5.91 Å². The Kier molecular flexibility index (Phi) is 7.19. The van der Waals surface area contributed by atoms with Gasteiger partial charge in [0.05, 0.1) is 19.7 Å². The van der Waals surface area contributed by atoms with Crippen molar-refractivity contribution in [2.24, 2.45) is 20.0 Å².